The third kappa shape index (κ3) is 3.33. The predicted molar refractivity (Wildman–Crippen MR) is 69.5 cm³/mol. The summed E-state index contributed by atoms with van der Waals surface area (Å²) in [5, 5.41) is 6.83. The molecule has 4 heteroatoms. The van der Waals surface area contributed by atoms with Crippen molar-refractivity contribution in [3.8, 4) is 5.75 Å². The zero-order chi connectivity index (χ0) is 12.1. The first kappa shape index (κ1) is 12.2. The van der Waals surface area contributed by atoms with Gasteiger partial charge in [-0.1, -0.05) is 0 Å². The van der Waals surface area contributed by atoms with Crippen molar-refractivity contribution in [1.82, 2.24) is 10.3 Å². The smallest absolute Gasteiger partial charge is 0.137 e. The number of rotatable bonds is 4. The molecule has 0 radical (unpaired) electrons. The van der Waals surface area contributed by atoms with Crippen LogP contribution in [0, 0.1) is 0 Å². The highest BCUT2D eigenvalue weighted by Crippen LogP contribution is 2.21. The van der Waals surface area contributed by atoms with Gasteiger partial charge in [0.15, 0.2) is 0 Å². The second kappa shape index (κ2) is 5.87. The average molecular weight is 235 g/mol. The van der Waals surface area contributed by atoms with E-state index >= 15 is 0 Å². The molecule has 1 fully saturated rings. The molecule has 0 saturated heterocycles. The molecule has 1 aliphatic carbocycles. The zero-order valence-corrected chi connectivity index (χ0v) is 10.6. The second-order valence-corrected chi connectivity index (χ2v) is 4.56. The number of nitrogens with zero attached hydrogens (tertiary/aromatic N) is 1. The molecule has 1 aliphatic rings. The molecule has 1 aromatic rings. The SMILES string of the molecule is CNC1CCC(Nc2ccc(OC)cn2)CC1. The molecule has 1 saturated carbocycles. The van der Waals surface area contributed by atoms with Gasteiger partial charge in [0.2, 0.25) is 0 Å². The summed E-state index contributed by atoms with van der Waals surface area (Å²) in [6.07, 6.45) is 6.65. The molecule has 1 heterocycles. The van der Waals surface area contributed by atoms with E-state index in [9.17, 15) is 0 Å². The van der Waals surface area contributed by atoms with Gasteiger partial charge in [-0.3, -0.25) is 0 Å². The van der Waals surface area contributed by atoms with Crippen molar-refractivity contribution in [1.29, 1.82) is 0 Å². The number of ether oxygens (including phenoxy) is 1. The van der Waals surface area contributed by atoms with Crippen molar-refractivity contribution < 1.29 is 4.74 Å². The van der Waals surface area contributed by atoms with Gasteiger partial charge in [-0.25, -0.2) is 4.98 Å². The van der Waals surface area contributed by atoms with Gasteiger partial charge in [-0.15, -0.1) is 0 Å². The monoisotopic (exact) mass is 235 g/mol. The lowest BCUT2D eigenvalue weighted by Crippen LogP contribution is -2.35. The maximum absolute atomic E-state index is 5.09. The third-order valence-electron chi connectivity index (χ3n) is 3.46. The number of hydrogen-bond donors (Lipinski definition) is 2. The minimum absolute atomic E-state index is 0.556. The van der Waals surface area contributed by atoms with E-state index < -0.39 is 0 Å². The van der Waals surface area contributed by atoms with E-state index in [2.05, 4.69) is 15.6 Å². The molecular formula is C13H21N3O. The molecule has 0 spiro atoms. The molecule has 0 atom stereocenters. The first-order valence-electron chi connectivity index (χ1n) is 6.25. The molecule has 17 heavy (non-hydrogen) atoms. The lowest BCUT2D eigenvalue weighted by Gasteiger charge is -2.29. The topological polar surface area (TPSA) is 46.2 Å². The first-order valence-corrected chi connectivity index (χ1v) is 6.25. The van der Waals surface area contributed by atoms with E-state index in [1.807, 2.05) is 19.2 Å². The fraction of sp³-hybridized carbons (Fsp3) is 0.615. The number of aromatic nitrogens is 1. The summed E-state index contributed by atoms with van der Waals surface area (Å²) in [6, 6.07) is 5.16. The molecule has 0 aliphatic heterocycles. The maximum Gasteiger partial charge on any atom is 0.137 e. The summed E-state index contributed by atoms with van der Waals surface area (Å²) in [4.78, 5) is 4.33. The highest BCUT2D eigenvalue weighted by atomic mass is 16.5. The van der Waals surface area contributed by atoms with E-state index in [1.165, 1.54) is 25.7 Å². The van der Waals surface area contributed by atoms with Crippen LogP contribution in [0.1, 0.15) is 25.7 Å². The fourth-order valence-corrected chi connectivity index (χ4v) is 2.32. The van der Waals surface area contributed by atoms with Gasteiger partial charge in [0.25, 0.3) is 0 Å². The van der Waals surface area contributed by atoms with Crippen molar-refractivity contribution >= 4 is 5.82 Å². The number of pyridine rings is 1. The van der Waals surface area contributed by atoms with Crippen LogP contribution in [0.25, 0.3) is 0 Å². The summed E-state index contributed by atoms with van der Waals surface area (Å²) < 4.78 is 5.09. The largest absolute Gasteiger partial charge is 0.495 e. The van der Waals surface area contributed by atoms with Crippen molar-refractivity contribution in [2.45, 2.75) is 37.8 Å². The van der Waals surface area contributed by atoms with Crippen LogP contribution in [0.5, 0.6) is 5.75 Å². The first-order chi connectivity index (χ1) is 8.31. The number of anilines is 1. The summed E-state index contributed by atoms with van der Waals surface area (Å²) in [7, 11) is 3.70. The van der Waals surface area contributed by atoms with Gasteiger partial charge in [-0.2, -0.15) is 0 Å². The van der Waals surface area contributed by atoms with Crippen molar-refractivity contribution in [2.75, 3.05) is 19.5 Å². The van der Waals surface area contributed by atoms with Crippen molar-refractivity contribution in [2.24, 2.45) is 0 Å². The minimum Gasteiger partial charge on any atom is -0.495 e. The van der Waals surface area contributed by atoms with Crippen LogP contribution in [0.15, 0.2) is 18.3 Å². The Balaban J connectivity index is 1.84. The van der Waals surface area contributed by atoms with E-state index in [4.69, 9.17) is 4.74 Å². The Bertz CT molecular complexity index is 331. The molecule has 0 bridgehead atoms. The van der Waals surface area contributed by atoms with Crippen LogP contribution in [0.2, 0.25) is 0 Å². The Morgan fingerprint density at radius 2 is 1.88 bits per heavy atom. The second-order valence-electron chi connectivity index (χ2n) is 4.56. The number of hydrogen-bond acceptors (Lipinski definition) is 4. The molecule has 0 unspecified atom stereocenters. The molecule has 2 rings (SSSR count). The maximum atomic E-state index is 5.09. The summed E-state index contributed by atoms with van der Waals surface area (Å²) in [5.41, 5.74) is 0. The molecule has 1 aromatic heterocycles. The van der Waals surface area contributed by atoms with E-state index in [1.54, 1.807) is 13.3 Å². The van der Waals surface area contributed by atoms with E-state index in [0.717, 1.165) is 11.6 Å². The summed E-state index contributed by atoms with van der Waals surface area (Å²) in [6.45, 7) is 0. The van der Waals surface area contributed by atoms with Crippen LogP contribution in [-0.2, 0) is 0 Å². The molecule has 94 valence electrons. The van der Waals surface area contributed by atoms with Crippen molar-refractivity contribution in [3.05, 3.63) is 18.3 Å². The van der Waals surface area contributed by atoms with Gasteiger partial charge in [0, 0.05) is 12.1 Å². The van der Waals surface area contributed by atoms with Crippen LogP contribution < -0.4 is 15.4 Å². The highest BCUT2D eigenvalue weighted by molar-refractivity contribution is 5.38. The van der Waals surface area contributed by atoms with Crippen LogP contribution in [-0.4, -0.2) is 31.2 Å². The minimum atomic E-state index is 0.556. The van der Waals surface area contributed by atoms with E-state index in [-0.39, 0.29) is 0 Å². The van der Waals surface area contributed by atoms with Crippen LogP contribution in [0.3, 0.4) is 0 Å². The van der Waals surface area contributed by atoms with E-state index in [0.29, 0.717) is 12.1 Å². The number of methoxy groups -OCH3 is 1. The standard InChI is InChI=1S/C13H21N3O/c1-14-10-3-5-11(6-4-10)16-13-8-7-12(17-2)9-15-13/h7-11,14H,3-6H2,1-2H3,(H,15,16). The quantitative estimate of drug-likeness (QED) is 0.838. The fourth-order valence-electron chi connectivity index (χ4n) is 2.32. The zero-order valence-electron chi connectivity index (χ0n) is 10.6. The number of nitrogens with one attached hydrogen (secondary N) is 2. The van der Waals surface area contributed by atoms with Crippen LogP contribution >= 0.6 is 0 Å². The summed E-state index contributed by atoms with van der Waals surface area (Å²) in [5.74, 6) is 1.74. The Morgan fingerprint density at radius 1 is 1.18 bits per heavy atom. The molecule has 4 nitrogen and oxygen atoms in total. The summed E-state index contributed by atoms with van der Waals surface area (Å²) >= 11 is 0. The Kier molecular flexibility index (Phi) is 4.20. The molecule has 0 amide bonds. The third-order valence-corrected chi connectivity index (χ3v) is 3.46. The average Bonchev–Trinajstić information content (AvgIpc) is 2.40. The molecule has 2 N–H and O–H groups in total. The predicted octanol–water partition coefficient (Wildman–Crippen LogP) is 2.03. The lowest BCUT2D eigenvalue weighted by atomic mass is 9.91. The lowest BCUT2D eigenvalue weighted by molar-refractivity contribution is 0.371. The Morgan fingerprint density at radius 3 is 2.41 bits per heavy atom. The van der Waals surface area contributed by atoms with Gasteiger partial charge in [0.05, 0.1) is 13.3 Å². The van der Waals surface area contributed by atoms with Gasteiger partial charge < -0.3 is 15.4 Å². The van der Waals surface area contributed by atoms with Gasteiger partial charge in [-0.05, 0) is 44.9 Å². The molecular weight excluding hydrogens is 214 g/mol. The van der Waals surface area contributed by atoms with Gasteiger partial charge in [0.1, 0.15) is 11.6 Å². The Hall–Kier alpha value is -1.29. The highest BCUT2D eigenvalue weighted by Gasteiger charge is 2.19. The molecule has 0 aromatic carbocycles. The van der Waals surface area contributed by atoms with Crippen molar-refractivity contribution in [3.63, 3.8) is 0 Å². The normalized spacial score (nSPS) is 24.4. The van der Waals surface area contributed by atoms with Gasteiger partial charge >= 0.3 is 0 Å². The van der Waals surface area contributed by atoms with Crippen LogP contribution in [0.4, 0.5) is 5.82 Å². The Labute approximate surface area is 103 Å².